The predicted octanol–water partition coefficient (Wildman–Crippen LogP) is 4.17. The Morgan fingerprint density at radius 3 is 2.64 bits per heavy atom. The van der Waals surface area contributed by atoms with Crippen molar-refractivity contribution >= 4 is 35.2 Å². The monoisotopic (exact) mass is 396 g/mol. The molecule has 1 aliphatic heterocycles. The van der Waals surface area contributed by atoms with Gasteiger partial charge in [0, 0.05) is 11.1 Å². The van der Waals surface area contributed by atoms with Crippen molar-refractivity contribution in [1.29, 1.82) is 0 Å². The molecular formula is C22H21ClN2O3. The molecule has 1 aliphatic carbocycles. The van der Waals surface area contributed by atoms with Crippen LogP contribution in [0.1, 0.15) is 31.2 Å². The lowest BCUT2D eigenvalue weighted by molar-refractivity contribution is -0.123. The molecule has 1 heterocycles. The highest BCUT2D eigenvalue weighted by Gasteiger charge is 2.32. The largest absolute Gasteiger partial charge is 0.449 e. The van der Waals surface area contributed by atoms with Gasteiger partial charge in [0.25, 0.3) is 5.91 Å². The third-order valence-corrected chi connectivity index (χ3v) is 5.39. The molecule has 2 aromatic carbocycles. The van der Waals surface area contributed by atoms with Gasteiger partial charge in [-0.3, -0.25) is 14.5 Å². The molecule has 0 spiro atoms. The molecule has 0 bridgehead atoms. The van der Waals surface area contributed by atoms with E-state index in [1.54, 1.807) is 24.3 Å². The Kier molecular flexibility index (Phi) is 5.35. The van der Waals surface area contributed by atoms with Crippen molar-refractivity contribution in [1.82, 2.24) is 5.32 Å². The Bertz CT molecular complexity index is 935. The van der Waals surface area contributed by atoms with Crippen LogP contribution in [0.25, 0.3) is 6.08 Å². The summed E-state index contributed by atoms with van der Waals surface area (Å²) in [5.74, 6) is 0.156. The minimum atomic E-state index is -0.361. The number of hydrogen-bond acceptors (Lipinski definition) is 3. The van der Waals surface area contributed by atoms with Gasteiger partial charge in [-0.1, -0.05) is 54.8 Å². The van der Waals surface area contributed by atoms with Gasteiger partial charge < -0.3 is 10.1 Å². The Balaban J connectivity index is 1.61. The first-order valence-electron chi connectivity index (χ1n) is 9.46. The molecule has 144 valence electrons. The van der Waals surface area contributed by atoms with Crippen molar-refractivity contribution in [2.75, 3.05) is 11.4 Å². The second-order valence-corrected chi connectivity index (χ2v) is 7.45. The molecule has 1 saturated carbocycles. The smallest absolute Gasteiger partial charge is 0.294 e. The fraction of sp³-hybridized carbons (Fsp3) is 0.273. The van der Waals surface area contributed by atoms with Gasteiger partial charge in [-0.15, -0.1) is 0 Å². The van der Waals surface area contributed by atoms with E-state index in [-0.39, 0.29) is 30.2 Å². The van der Waals surface area contributed by atoms with Gasteiger partial charge in [0.05, 0.1) is 5.69 Å². The second-order valence-electron chi connectivity index (χ2n) is 7.04. The van der Waals surface area contributed by atoms with Gasteiger partial charge in [0.1, 0.15) is 6.54 Å². The predicted molar refractivity (Wildman–Crippen MR) is 109 cm³/mol. The van der Waals surface area contributed by atoms with Crippen LogP contribution in [0.2, 0.25) is 5.02 Å². The standard InChI is InChI=1S/C22H21ClN2O3/c23-17-10-4-1-7-15(17)13-20-22(27)25(18-11-5-6-12-19(18)28-20)14-21(26)24-16-8-2-3-9-16/h1,4-7,10-13,16H,2-3,8-9,14H2,(H,24,26). The third-order valence-electron chi connectivity index (χ3n) is 5.05. The maximum Gasteiger partial charge on any atom is 0.294 e. The summed E-state index contributed by atoms with van der Waals surface area (Å²) in [4.78, 5) is 27.1. The lowest BCUT2D eigenvalue weighted by Gasteiger charge is -2.30. The number of amides is 2. The summed E-state index contributed by atoms with van der Waals surface area (Å²) in [5, 5.41) is 3.56. The van der Waals surface area contributed by atoms with Gasteiger partial charge in [-0.2, -0.15) is 0 Å². The molecule has 0 unspecified atom stereocenters. The van der Waals surface area contributed by atoms with Crippen LogP contribution in [0, 0.1) is 0 Å². The minimum Gasteiger partial charge on any atom is -0.449 e. The number of nitrogens with one attached hydrogen (secondary N) is 1. The van der Waals surface area contributed by atoms with E-state index in [0.29, 0.717) is 22.0 Å². The molecule has 6 heteroatoms. The first-order valence-corrected chi connectivity index (χ1v) is 9.84. The van der Waals surface area contributed by atoms with E-state index in [0.717, 1.165) is 25.7 Å². The number of carbonyl (C=O) groups excluding carboxylic acids is 2. The zero-order chi connectivity index (χ0) is 19.5. The molecule has 0 aromatic heterocycles. The third kappa shape index (κ3) is 3.90. The van der Waals surface area contributed by atoms with Crippen LogP contribution in [-0.4, -0.2) is 24.4 Å². The molecular weight excluding hydrogens is 376 g/mol. The summed E-state index contributed by atoms with van der Waals surface area (Å²) in [5.41, 5.74) is 1.27. The van der Waals surface area contributed by atoms with Crippen molar-refractivity contribution in [3.05, 3.63) is 64.9 Å². The van der Waals surface area contributed by atoms with E-state index in [1.165, 1.54) is 4.90 Å². The number of anilines is 1. The molecule has 2 aliphatic rings. The first-order chi connectivity index (χ1) is 13.6. The molecule has 1 fully saturated rings. The van der Waals surface area contributed by atoms with Crippen molar-refractivity contribution in [2.45, 2.75) is 31.7 Å². The van der Waals surface area contributed by atoms with Crippen LogP contribution in [0.4, 0.5) is 5.69 Å². The molecule has 2 aromatic rings. The Morgan fingerprint density at radius 2 is 1.86 bits per heavy atom. The fourth-order valence-electron chi connectivity index (χ4n) is 3.64. The summed E-state index contributed by atoms with van der Waals surface area (Å²) >= 11 is 6.22. The van der Waals surface area contributed by atoms with E-state index in [4.69, 9.17) is 16.3 Å². The van der Waals surface area contributed by atoms with E-state index in [1.807, 2.05) is 30.3 Å². The zero-order valence-corrected chi connectivity index (χ0v) is 16.1. The maximum absolute atomic E-state index is 13.1. The second kappa shape index (κ2) is 8.07. The minimum absolute atomic E-state index is 0.0461. The molecule has 5 nitrogen and oxygen atoms in total. The van der Waals surface area contributed by atoms with E-state index >= 15 is 0 Å². The lowest BCUT2D eigenvalue weighted by atomic mass is 10.1. The van der Waals surface area contributed by atoms with E-state index < -0.39 is 0 Å². The summed E-state index contributed by atoms with van der Waals surface area (Å²) in [6.45, 7) is -0.0461. The highest BCUT2D eigenvalue weighted by Crippen LogP contribution is 2.35. The molecule has 1 N–H and O–H groups in total. The van der Waals surface area contributed by atoms with Gasteiger partial charge >= 0.3 is 0 Å². The van der Waals surface area contributed by atoms with Crippen LogP contribution >= 0.6 is 11.6 Å². The number of nitrogens with zero attached hydrogens (tertiary/aromatic N) is 1. The van der Waals surface area contributed by atoms with E-state index in [2.05, 4.69) is 5.32 Å². The van der Waals surface area contributed by atoms with Crippen molar-refractivity contribution in [2.24, 2.45) is 0 Å². The topological polar surface area (TPSA) is 58.6 Å². The zero-order valence-electron chi connectivity index (χ0n) is 15.4. The Labute approximate surface area is 168 Å². The number of carbonyl (C=O) groups is 2. The summed E-state index contributed by atoms with van der Waals surface area (Å²) < 4.78 is 5.83. The molecule has 28 heavy (non-hydrogen) atoms. The van der Waals surface area contributed by atoms with Crippen LogP contribution in [0.15, 0.2) is 54.3 Å². The number of ether oxygens (including phenoxy) is 1. The summed E-state index contributed by atoms with van der Waals surface area (Å²) in [6.07, 6.45) is 5.88. The van der Waals surface area contributed by atoms with Crippen molar-refractivity contribution in [3.63, 3.8) is 0 Å². The first kappa shape index (κ1) is 18.6. The molecule has 0 radical (unpaired) electrons. The van der Waals surface area contributed by atoms with Gasteiger partial charge in [-0.25, -0.2) is 0 Å². The van der Waals surface area contributed by atoms with Gasteiger partial charge in [-0.05, 0) is 42.7 Å². The Morgan fingerprint density at radius 1 is 1.14 bits per heavy atom. The average molecular weight is 397 g/mol. The number of rotatable bonds is 4. The van der Waals surface area contributed by atoms with Gasteiger partial charge in [0.2, 0.25) is 5.91 Å². The Hall–Kier alpha value is -2.79. The maximum atomic E-state index is 13.1. The molecule has 4 rings (SSSR count). The van der Waals surface area contributed by atoms with Crippen LogP contribution in [0.5, 0.6) is 5.75 Å². The number of hydrogen-bond donors (Lipinski definition) is 1. The fourth-order valence-corrected chi connectivity index (χ4v) is 3.83. The summed E-state index contributed by atoms with van der Waals surface area (Å²) in [6, 6.07) is 14.6. The number of halogens is 1. The average Bonchev–Trinajstić information content (AvgIpc) is 3.19. The quantitative estimate of drug-likeness (QED) is 0.789. The van der Waals surface area contributed by atoms with Crippen LogP contribution in [0.3, 0.4) is 0 Å². The highest BCUT2D eigenvalue weighted by atomic mass is 35.5. The lowest BCUT2D eigenvalue weighted by Crippen LogP contribution is -2.46. The SMILES string of the molecule is O=C(CN1C(=O)C(=Cc2ccccc2Cl)Oc2ccccc21)NC1CCCC1. The molecule has 0 atom stereocenters. The van der Waals surface area contributed by atoms with Gasteiger partial charge in [0.15, 0.2) is 11.5 Å². The van der Waals surface area contributed by atoms with Crippen molar-refractivity contribution in [3.8, 4) is 5.75 Å². The number of benzene rings is 2. The van der Waals surface area contributed by atoms with Crippen LogP contribution in [-0.2, 0) is 9.59 Å². The molecule has 0 saturated heterocycles. The number of fused-ring (bicyclic) bond motifs is 1. The number of para-hydroxylation sites is 2. The van der Waals surface area contributed by atoms with E-state index in [9.17, 15) is 9.59 Å². The normalized spacial score (nSPS) is 18.1. The van der Waals surface area contributed by atoms with Crippen LogP contribution < -0.4 is 15.0 Å². The molecule has 2 amide bonds. The summed E-state index contributed by atoms with van der Waals surface area (Å²) in [7, 11) is 0. The highest BCUT2D eigenvalue weighted by molar-refractivity contribution is 6.32. The van der Waals surface area contributed by atoms with Crippen molar-refractivity contribution < 1.29 is 14.3 Å².